The zero-order valence-electron chi connectivity index (χ0n) is 12.5. The van der Waals surface area contributed by atoms with Gasteiger partial charge in [-0.05, 0) is 36.4 Å². The van der Waals surface area contributed by atoms with Crippen LogP contribution >= 0.6 is 23.2 Å². The minimum Gasteiger partial charge on any atom is -0.452 e. The van der Waals surface area contributed by atoms with Crippen LogP contribution < -0.4 is 10.5 Å². The van der Waals surface area contributed by atoms with E-state index in [4.69, 9.17) is 33.1 Å². The van der Waals surface area contributed by atoms with Crippen molar-refractivity contribution in [1.82, 2.24) is 0 Å². The van der Waals surface area contributed by atoms with Crippen molar-refractivity contribution >= 4 is 50.8 Å². The van der Waals surface area contributed by atoms with Gasteiger partial charge in [0.25, 0.3) is 5.91 Å². The molecule has 2 rings (SSSR count). The van der Waals surface area contributed by atoms with Crippen LogP contribution in [0.2, 0.25) is 10.0 Å². The van der Waals surface area contributed by atoms with E-state index in [1.807, 2.05) is 0 Å². The zero-order valence-corrected chi connectivity index (χ0v) is 14.9. The van der Waals surface area contributed by atoms with Gasteiger partial charge in [0.2, 0.25) is 10.0 Å². The number of nitrogens with one attached hydrogen (secondary N) is 1. The third-order valence-electron chi connectivity index (χ3n) is 2.93. The Morgan fingerprint density at radius 2 is 1.84 bits per heavy atom. The van der Waals surface area contributed by atoms with Gasteiger partial charge in [0.15, 0.2) is 6.61 Å². The molecule has 0 aromatic heterocycles. The fourth-order valence-electron chi connectivity index (χ4n) is 1.81. The lowest BCUT2D eigenvalue weighted by Gasteiger charge is -2.08. The number of esters is 1. The molecule has 0 radical (unpaired) electrons. The molecule has 1 amide bonds. The van der Waals surface area contributed by atoms with Crippen molar-refractivity contribution in [3.8, 4) is 0 Å². The topological polar surface area (TPSA) is 116 Å². The summed E-state index contributed by atoms with van der Waals surface area (Å²) in [4.78, 5) is 23.6. The van der Waals surface area contributed by atoms with Crippen LogP contribution in [0.5, 0.6) is 0 Å². The highest BCUT2D eigenvalue weighted by Crippen LogP contribution is 2.21. The number of anilines is 1. The Balaban J connectivity index is 1.99. The SMILES string of the molecule is NS(=O)(=O)c1cccc(NC(=O)COC(=O)c2cc(Cl)ccc2Cl)c1. The predicted octanol–water partition coefficient (Wildman–Crippen LogP) is 2.44. The van der Waals surface area contributed by atoms with E-state index in [1.54, 1.807) is 0 Å². The van der Waals surface area contributed by atoms with Crippen molar-refractivity contribution in [2.45, 2.75) is 4.90 Å². The van der Waals surface area contributed by atoms with E-state index < -0.39 is 28.5 Å². The first kappa shape index (κ1) is 19.2. The van der Waals surface area contributed by atoms with Crippen LogP contribution in [-0.2, 0) is 19.6 Å². The predicted molar refractivity (Wildman–Crippen MR) is 93.2 cm³/mol. The van der Waals surface area contributed by atoms with E-state index >= 15 is 0 Å². The Kier molecular flexibility index (Phi) is 6.02. The molecule has 0 bridgehead atoms. The standard InChI is InChI=1S/C15H12Cl2N2O5S/c16-9-4-5-13(17)12(6-9)15(21)24-8-14(20)19-10-2-1-3-11(7-10)25(18,22)23/h1-7H,8H2,(H,19,20)(H2,18,22,23). The highest BCUT2D eigenvalue weighted by Gasteiger charge is 2.15. The van der Waals surface area contributed by atoms with Crippen LogP contribution in [0, 0.1) is 0 Å². The van der Waals surface area contributed by atoms with Gasteiger partial charge < -0.3 is 10.1 Å². The van der Waals surface area contributed by atoms with Crippen molar-refractivity contribution in [2.75, 3.05) is 11.9 Å². The maximum absolute atomic E-state index is 11.9. The third kappa shape index (κ3) is 5.43. The second kappa shape index (κ2) is 7.83. The van der Waals surface area contributed by atoms with E-state index in [-0.39, 0.29) is 21.2 Å². The number of rotatable bonds is 5. The summed E-state index contributed by atoms with van der Waals surface area (Å²) in [6.07, 6.45) is 0. The summed E-state index contributed by atoms with van der Waals surface area (Å²) in [5.41, 5.74) is 0.214. The van der Waals surface area contributed by atoms with Gasteiger partial charge in [0.05, 0.1) is 15.5 Å². The van der Waals surface area contributed by atoms with Gasteiger partial charge in [-0.15, -0.1) is 0 Å². The van der Waals surface area contributed by atoms with E-state index in [0.29, 0.717) is 5.02 Å². The highest BCUT2D eigenvalue weighted by molar-refractivity contribution is 7.89. The number of sulfonamides is 1. The van der Waals surface area contributed by atoms with Crippen LogP contribution in [0.25, 0.3) is 0 Å². The molecule has 0 unspecified atom stereocenters. The molecule has 0 atom stereocenters. The van der Waals surface area contributed by atoms with Crippen LogP contribution in [0.15, 0.2) is 47.4 Å². The normalized spacial score (nSPS) is 11.0. The number of hydrogen-bond acceptors (Lipinski definition) is 5. The average Bonchev–Trinajstić information content (AvgIpc) is 2.54. The van der Waals surface area contributed by atoms with Gasteiger partial charge in [0.1, 0.15) is 0 Å². The Labute approximate surface area is 153 Å². The number of primary sulfonamides is 1. The number of carbonyl (C=O) groups excluding carboxylic acids is 2. The number of ether oxygens (including phenoxy) is 1. The van der Waals surface area contributed by atoms with Crippen LogP contribution in [-0.4, -0.2) is 26.9 Å². The first-order valence-corrected chi connectivity index (χ1v) is 9.02. The molecule has 25 heavy (non-hydrogen) atoms. The molecule has 0 heterocycles. The number of benzene rings is 2. The average molecular weight is 403 g/mol. The van der Waals surface area contributed by atoms with E-state index in [2.05, 4.69) is 5.32 Å². The summed E-state index contributed by atoms with van der Waals surface area (Å²) in [6.45, 7) is -0.596. The van der Waals surface area contributed by atoms with Gasteiger partial charge in [-0.2, -0.15) is 0 Å². The van der Waals surface area contributed by atoms with Crippen molar-refractivity contribution in [3.63, 3.8) is 0 Å². The lowest BCUT2D eigenvalue weighted by Crippen LogP contribution is -2.21. The summed E-state index contributed by atoms with van der Waals surface area (Å²) in [7, 11) is -3.90. The maximum atomic E-state index is 11.9. The van der Waals surface area contributed by atoms with E-state index in [0.717, 1.165) is 0 Å². The Morgan fingerprint density at radius 3 is 2.52 bits per heavy atom. The lowest BCUT2D eigenvalue weighted by atomic mass is 10.2. The monoisotopic (exact) mass is 402 g/mol. The number of hydrogen-bond donors (Lipinski definition) is 2. The number of carbonyl (C=O) groups is 2. The molecule has 0 saturated carbocycles. The third-order valence-corrected chi connectivity index (χ3v) is 4.40. The summed E-state index contributed by atoms with van der Waals surface area (Å²) >= 11 is 11.6. The molecule has 3 N–H and O–H groups in total. The van der Waals surface area contributed by atoms with Crippen LogP contribution in [0.3, 0.4) is 0 Å². The van der Waals surface area contributed by atoms with Gasteiger partial charge in [-0.25, -0.2) is 18.4 Å². The van der Waals surface area contributed by atoms with Crippen LogP contribution in [0.4, 0.5) is 5.69 Å². The van der Waals surface area contributed by atoms with Crippen molar-refractivity contribution in [2.24, 2.45) is 5.14 Å². The smallest absolute Gasteiger partial charge is 0.340 e. The molecule has 10 heteroatoms. The molecule has 2 aromatic carbocycles. The Hall–Kier alpha value is -2.13. The summed E-state index contributed by atoms with van der Waals surface area (Å²) < 4.78 is 27.4. The number of halogens is 2. The molecule has 0 saturated heterocycles. The highest BCUT2D eigenvalue weighted by atomic mass is 35.5. The molecule has 132 valence electrons. The van der Waals surface area contributed by atoms with Crippen molar-refractivity contribution in [1.29, 1.82) is 0 Å². The van der Waals surface area contributed by atoms with Gasteiger partial charge >= 0.3 is 5.97 Å². The Bertz CT molecular complexity index is 931. The molecule has 0 aliphatic rings. The van der Waals surface area contributed by atoms with Gasteiger partial charge in [-0.1, -0.05) is 29.3 Å². The quantitative estimate of drug-likeness (QED) is 0.744. The zero-order chi connectivity index (χ0) is 18.6. The molecular weight excluding hydrogens is 391 g/mol. The Morgan fingerprint density at radius 1 is 1.12 bits per heavy atom. The molecule has 0 aliphatic heterocycles. The van der Waals surface area contributed by atoms with E-state index in [9.17, 15) is 18.0 Å². The molecule has 0 fully saturated rings. The molecule has 0 aliphatic carbocycles. The van der Waals surface area contributed by atoms with E-state index in [1.165, 1.54) is 42.5 Å². The first-order chi connectivity index (χ1) is 11.7. The number of nitrogens with two attached hydrogens (primary N) is 1. The molecule has 2 aromatic rings. The molecule has 7 nitrogen and oxygen atoms in total. The molecular formula is C15H12Cl2N2O5S. The second-order valence-electron chi connectivity index (χ2n) is 4.82. The first-order valence-electron chi connectivity index (χ1n) is 6.72. The minimum absolute atomic E-state index is 0.0261. The fraction of sp³-hybridized carbons (Fsp3) is 0.0667. The summed E-state index contributed by atoms with van der Waals surface area (Å²) in [5, 5.41) is 7.83. The lowest BCUT2D eigenvalue weighted by molar-refractivity contribution is -0.119. The fourth-order valence-corrected chi connectivity index (χ4v) is 2.74. The minimum atomic E-state index is -3.90. The maximum Gasteiger partial charge on any atom is 0.340 e. The molecule has 0 spiro atoms. The van der Waals surface area contributed by atoms with Crippen LogP contribution in [0.1, 0.15) is 10.4 Å². The summed E-state index contributed by atoms with van der Waals surface area (Å²) in [5.74, 6) is -1.49. The second-order valence-corrected chi connectivity index (χ2v) is 7.23. The summed E-state index contributed by atoms with van der Waals surface area (Å²) in [6, 6.07) is 9.59. The van der Waals surface area contributed by atoms with Crippen molar-refractivity contribution in [3.05, 3.63) is 58.1 Å². The van der Waals surface area contributed by atoms with Gasteiger partial charge in [-0.3, -0.25) is 4.79 Å². The van der Waals surface area contributed by atoms with Gasteiger partial charge in [0, 0.05) is 10.7 Å². The van der Waals surface area contributed by atoms with Crippen molar-refractivity contribution < 1.29 is 22.7 Å². The number of amides is 1. The largest absolute Gasteiger partial charge is 0.452 e.